The third-order valence-corrected chi connectivity index (χ3v) is 5.71. The number of fused-ring (bicyclic) bond motifs is 1. The van der Waals surface area contributed by atoms with E-state index in [9.17, 15) is 5.11 Å². The molecule has 0 atom stereocenters. The van der Waals surface area contributed by atoms with Gasteiger partial charge in [0.2, 0.25) is 5.95 Å². The summed E-state index contributed by atoms with van der Waals surface area (Å²) in [4.78, 5) is 19.0. The Bertz CT molecular complexity index is 923. The zero-order valence-electron chi connectivity index (χ0n) is 14.4. The number of aliphatic hydroxyl groups excluding tert-OH is 1. The molecule has 3 aromatic rings. The first-order valence-corrected chi connectivity index (χ1v) is 9.96. The SMILES string of the molecule is Cc1cc(Cc2nc3ccc(Cl)nc3s2)nc(NC2CCC(O)CC2)n1. The maximum absolute atomic E-state index is 9.64. The van der Waals surface area contributed by atoms with E-state index in [0.29, 0.717) is 23.6 Å². The summed E-state index contributed by atoms with van der Waals surface area (Å²) in [5.74, 6) is 0.656. The van der Waals surface area contributed by atoms with E-state index in [4.69, 9.17) is 11.6 Å². The second-order valence-corrected chi connectivity index (χ2v) is 8.17. The number of hydrogen-bond acceptors (Lipinski definition) is 7. The minimum atomic E-state index is -0.164. The van der Waals surface area contributed by atoms with Crippen LogP contribution in [0.5, 0.6) is 0 Å². The van der Waals surface area contributed by atoms with Crippen LogP contribution < -0.4 is 5.32 Å². The molecular weight excluding hydrogens is 370 g/mol. The number of aliphatic hydroxyl groups is 1. The average Bonchev–Trinajstić information content (AvgIpc) is 2.97. The standard InChI is InChI=1S/C18H20ClN5OS/c1-10-8-12(9-16-23-14-6-7-15(19)24-17(14)26-16)22-18(20-10)21-11-2-4-13(25)5-3-11/h6-8,11,13,25H,2-5,9H2,1H3,(H,20,21,22). The van der Waals surface area contributed by atoms with E-state index in [1.165, 1.54) is 11.3 Å². The van der Waals surface area contributed by atoms with Gasteiger partial charge in [0.25, 0.3) is 0 Å². The van der Waals surface area contributed by atoms with Gasteiger partial charge in [-0.15, -0.1) is 0 Å². The first kappa shape index (κ1) is 17.6. The Labute approximate surface area is 160 Å². The van der Waals surface area contributed by atoms with Gasteiger partial charge in [-0.25, -0.2) is 19.9 Å². The van der Waals surface area contributed by atoms with Gasteiger partial charge >= 0.3 is 0 Å². The highest BCUT2D eigenvalue weighted by molar-refractivity contribution is 7.18. The van der Waals surface area contributed by atoms with Crippen molar-refractivity contribution < 1.29 is 5.11 Å². The fourth-order valence-electron chi connectivity index (χ4n) is 3.26. The van der Waals surface area contributed by atoms with Crippen LogP contribution in [0, 0.1) is 6.92 Å². The summed E-state index contributed by atoms with van der Waals surface area (Å²) >= 11 is 7.49. The molecular formula is C18H20ClN5OS. The zero-order chi connectivity index (χ0) is 18.1. The normalized spacial score (nSPS) is 20.4. The Kier molecular flexibility index (Phi) is 5.02. The van der Waals surface area contributed by atoms with Crippen LogP contribution in [0.1, 0.15) is 42.1 Å². The van der Waals surface area contributed by atoms with Crippen LogP contribution in [-0.2, 0) is 6.42 Å². The van der Waals surface area contributed by atoms with Crippen molar-refractivity contribution in [1.29, 1.82) is 0 Å². The number of thiazole rings is 1. The smallest absolute Gasteiger partial charge is 0.223 e. The molecule has 0 aromatic carbocycles. The fourth-order valence-corrected chi connectivity index (χ4v) is 4.41. The predicted octanol–water partition coefficient (Wildman–Crippen LogP) is 3.75. The third kappa shape index (κ3) is 4.11. The number of rotatable bonds is 4. The molecule has 26 heavy (non-hydrogen) atoms. The number of aryl methyl sites for hydroxylation is 1. The largest absolute Gasteiger partial charge is 0.393 e. The Morgan fingerprint density at radius 3 is 2.77 bits per heavy atom. The van der Waals surface area contributed by atoms with E-state index in [2.05, 4.69) is 25.3 Å². The highest BCUT2D eigenvalue weighted by Gasteiger charge is 2.20. The molecule has 136 valence electrons. The van der Waals surface area contributed by atoms with E-state index in [1.54, 1.807) is 6.07 Å². The van der Waals surface area contributed by atoms with Crippen molar-refractivity contribution in [2.75, 3.05) is 5.32 Å². The summed E-state index contributed by atoms with van der Waals surface area (Å²) in [6.07, 6.45) is 4.02. The first-order chi connectivity index (χ1) is 12.5. The Morgan fingerprint density at radius 1 is 1.15 bits per heavy atom. The third-order valence-electron chi connectivity index (χ3n) is 4.54. The van der Waals surface area contributed by atoms with Gasteiger partial charge in [0.15, 0.2) is 0 Å². The van der Waals surface area contributed by atoms with Gasteiger partial charge in [0, 0.05) is 18.2 Å². The summed E-state index contributed by atoms with van der Waals surface area (Å²) < 4.78 is 0. The molecule has 8 heteroatoms. The van der Waals surface area contributed by atoms with Crippen molar-refractivity contribution in [2.24, 2.45) is 0 Å². The van der Waals surface area contributed by atoms with E-state index in [1.807, 2.05) is 19.1 Å². The predicted molar refractivity (Wildman–Crippen MR) is 104 cm³/mol. The second kappa shape index (κ2) is 7.42. The average molecular weight is 390 g/mol. The summed E-state index contributed by atoms with van der Waals surface area (Å²) in [5, 5.41) is 14.5. The molecule has 0 bridgehead atoms. The highest BCUT2D eigenvalue weighted by atomic mass is 35.5. The number of pyridine rings is 1. The number of halogens is 1. The van der Waals surface area contributed by atoms with Crippen LogP contribution in [0.3, 0.4) is 0 Å². The number of anilines is 1. The molecule has 0 aliphatic heterocycles. The minimum Gasteiger partial charge on any atom is -0.393 e. The van der Waals surface area contributed by atoms with Gasteiger partial charge in [0.05, 0.1) is 11.8 Å². The second-order valence-electron chi connectivity index (χ2n) is 6.72. The van der Waals surface area contributed by atoms with E-state index in [-0.39, 0.29) is 6.10 Å². The Hall–Kier alpha value is -1.83. The van der Waals surface area contributed by atoms with Gasteiger partial charge in [-0.1, -0.05) is 22.9 Å². The van der Waals surface area contributed by atoms with Crippen molar-refractivity contribution in [1.82, 2.24) is 19.9 Å². The summed E-state index contributed by atoms with van der Waals surface area (Å²) in [6.45, 7) is 1.97. The van der Waals surface area contributed by atoms with Crippen molar-refractivity contribution in [2.45, 2.75) is 51.2 Å². The Balaban J connectivity index is 1.51. The molecule has 1 aliphatic rings. The topological polar surface area (TPSA) is 83.8 Å². The number of aromatic nitrogens is 4. The molecule has 1 saturated carbocycles. The van der Waals surface area contributed by atoms with Crippen LogP contribution >= 0.6 is 22.9 Å². The molecule has 2 N–H and O–H groups in total. The molecule has 3 aromatic heterocycles. The Morgan fingerprint density at radius 2 is 1.96 bits per heavy atom. The van der Waals surface area contributed by atoms with E-state index < -0.39 is 0 Å². The lowest BCUT2D eigenvalue weighted by atomic mass is 9.93. The molecule has 6 nitrogen and oxygen atoms in total. The van der Waals surface area contributed by atoms with Gasteiger partial charge in [-0.05, 0) is 50.8 Å². The summed E-state index contributed by atoms with van der Waals surface area (Å²) in [6, 6.07) is 5.95. The van der Waals surface area contributed by atoms with Crippen molar-refractivity contribution in [3.8, 4) is 0 Å². The summed E-state index contributed by atoms with van der Waals surface area (Å²) in [5.41, 5.74) is 2.72. The lowest BCUT2D eigenvalue weighted by Gasteiger charge is -2.26. The van der Waals surface area contributed by atoms with Crippen LogP contribution in [0.4, 0.5) is 5.95 Å². The molecule has 3 heterocycles. The molecule has 1 fully saturated rings. The zero-order valence-corrected chi connectivity index (χ0v) is 16.0. The summed E-state index contributed by atoms with van der Waals surface area (Å²) in [7, 11) is 0. The first-order valence-electron chi connectivity index (χ1n) is 8.76. The monoisotopic (exact) mass is 389 g/mol. The lowest BCUT2D eigenvalue weighted by Crippen LogP contribution is -2.29. The molecule has 0 spiro atoms. The van der Waals surface area contributed by atoms with Gasteiger partial charge < -0.3 is 10.4 Å². The van der Waals surface area contributed by atoms with Crippen molar-refractivity contribution in [3.63, 3.8) is 0 Å². The fraction of sp³-hybridized carbons (Fsp3) is 0.444. The van der Waals surface area contributed by atoms with Crippen LogP contribution in [0.25, 0.3) is 10.3 Å². The van der Waals surface area contributed by atoms with Gasteiger partial charge in [-0.2, -0.15) is 0 Å². The molecule has 0 saturated heterocycles. The van der Waals surface area contributed by atoms with E-state index in [0.717, 1.165) is 52.4 Å². The molecule has 0 unspecified atom stereocenters. The van der Waals surface area contributed by atoms with E-state index >= 15 is 0 Å². The molecule has 4 rings (SSSR count). The van der Waals surface area contributed by atoms with Gasteiger partial charge in [0.1, 0.15) is 20.5 Å². The van der Waals surface area contributed by atoms with Crippen LogP contribution in [0.2, 0.25) is 5.15 Å². The number of nitrogens with one attached hydrogen (secondary N) is 1. The van der Waals surface area contributed by atoms with Crippen LogP contribution in [-0.4, -0.2) is 37.2 Å². The molecule has 0 radical (unpaired) electrons. The number of nitrogens with zero attached hydrogens (tertiary/aromatic N) is 4. The number of hydrogen-bond donors (Lipinski definition) is 2. The quantitative estimate of drug-likeness (QED) is 0.661. The molecule has 0 amide bonds. The van der Waals surface area contributed by atoms with Crippen molar-refractivity contribution >= 4 is 39.2 Å². The maximum atomic E-state index is 9.64. The maximum Gasteiger partial charge on any atom is 0.223 e. The van der Waals surface area contributed by atoms with Crippen LogP contribution in [0.15, 0.2) is 18.2 Å². The van der Waals surface area contributed by atoms with Gasteiger partial charge in [-0.3, -0.25) is 0 Å². The molecule has 1 aliphatic carbocycles. The minimum absolute atomic E-state index is 0.164. The highest BCUT2D eigenvalue weighted by Crippen LogP contribution is 2.25. The van der Waals surface area contributed by atoms with Crippen molar-refractivity contribution in [3.05, 3.63) is 39.7 Å². The lowest BCUT2D eigenvalue weighted by molar-refractivity contribution is 0.126.